The lowest BCUT2D eigenvalue weighted by Gasteiger charge is -2.24. The Labute approximate surface area is 138 Å². The second-order valence-electron chi connectivity index (χ2n) is 6.55. The van der Waals surface area contributed by atoms with E-state index >= 15 is 0 Å². The van der Waals surface area contributed by atoms with Gasteiger partial charge in [-0.25, -0.2) is 0 Å². The Hall–Kier alpha value is -1.59. The average molecular weight is 317 g/mol. The number of carbonyl (C=O) groups excluding carboxylic acids is 1. The normalized spacial score (nSPS) is 22.0. The number of rotatable bonds is 6. The van der Waals surface area contributed by atoms with Crippen LogP contribution in [0, 0.1) is 5.92 Å². The highest BCUT2D eigenvalue weighted by Gasteiger charge is 2.16. The van der Waals surface area contributed by atoms with E-state index in [1.807, 2.05) is 24.3 Å². The predicted octanol–water partition coefficient (Wildman–Crippen LogP) is 2.61. The number of hydrogen-bond donors (Lipinski definition) is 3. The molecule has 5 nitrogen and oxygen atoms in total. The Bertz CT molecular complexity index is 491. The molecule has 2 heterocycles. The smallest absolute Gasteiger partial charge is 0.224 e. The molecule has 1 amide bonds. The third kappa shape index (κ3) is 5.22. The van der Waals surface area contributed by atoms with Gasteiger partial charge in [-0.05, 0) is 69.0 Å². The fourth-order valence-corrected chi connectivity index (χ4v) is 3.25. The molecule has 2 fully saturated rings. The average Bonchev–Trinajstić information content (AvgIpc) is 3.09. The van der Waals surface area contributed by atoms with E-state index in [-0.39, 0.29) is 5.91 Å². The molecule has 2 aliphatic rings. The Balaban J connectivity index is 1.42. The molecular weight excluding hydrogens is 290 g/mol. The maximum absolute atomic E-state index is 12.0. The minimum atomic E-state index is 0.113. The molecule has 3 N–H and O–H groups in total. The molecule has 1 aromatic rings. The zero-order chi connectivity index (χ0) is 15.9. The van der Waals surface area contributed by atoms with Gasteiger partial charge < -0.3 is 20.7 Å². The molecule has 3 rings (SSSR count). The molecule has 0 spiro atoms. The third-order valence-electron chi connectivity index (χ3n) is 4.70. The highest BCUT2D eigenvalue weighted by molar-refractivity contribution is 5.90. The summed E-state index contributed by atoms with van der Waals surface area (Å²) in [6.45, 7) is 3.82. The fourth-order valence-electron chi connectivity index (χ4n) is 3.25. The number of amides is 1. The van der Waals surface area contributed by atoms with Crippen molar-refractivity contribution in [3.8, 4) is 0 Å². The van der Waals surface area contributed by atoms with Crippen LogP contribution in [0.1, 0.15) is 32.1 Å². The van der Waals surface area contributed by atoms with Crippen LogP contribution in [-0.2, 0) is 9.53 Å². The summed E-state index contributed by atoms with van der Waals surface area (Å²) in [6, 6.07) is 8.50. The van der Waals surface area contributed by atoms with Crippen LogP contribution < -0.4 is 16.0 Å². The largest absolute Gasteiger partial charge is 0.382 e. The maximum Gasteiger partial charge on any atom is 0.224 e. The highest BCUT2D eigenvalue weighted by Crippen LogP contribution is 2.19. The SMILES string of the molecule is O=C(CCC1CCNC1)Nc1ccc(NC2CCOCC2)cc1. The summed E-state index contributed by atoms with van der Waals surface area (Å²) < 4.78 is 5.37. The molecule has 0 aliphatic carbocycles. The van der Waals surface area contributed by atoms with Crippen molar-refractivity contribution in [3.63, 3.8) is 0 Å². The number of hydrogen-bond acceptors (Lipinski definition) is 4. The third-order valence-corrected chi connectivity index (χ3v) is 4.70. The van der Waals surface area contributed by atoms with E-state index in [9.17, 15) is 4.79 Å². The molecule has 0 saturated carbocycles. The van der Waals surface area contributed by atoms with E-state index in [1.165, 1.54) is 6.42 Å². The van der Waals surface area contributed by atoms with Crippen LogP contribution in [0.25, 0.3) is 0 Å². The van der Waals surface area contributed by atoms with Gasteiger partial charge in [0.1, 0.15) is 0 Å². The van der Waals surface area contributed by atoms with E-state index in [1.54, 1.807) is 0 Å². The molecule has 1 unspecified atom stereocenters. The van der Waals surface area contributed by atoms with Crippen LogP contribution in [-0.4, -0.2) is 38.3 Å². The lowest BCUT2D eigenvalue weighted by Crippen LogP contribution is -2.27. The van der Waals surface area contributed by atoms with Gasteiger partial charge in [-0.2, -0.15) is 0 Å². The molecule has 2 aliphatic heterocycles. The second kappa shape index (κ2) is 8.31. The van der Waals surface area contributed by atoms with Crippen molar-refractivity contribution in [2.45, 2.75) is 38.1 Å². The number of carbonyl (C=O) groups is 1. The topological polar surface area (TPSA) is 62.4 Å². The van der Waals surface area contributed by atoms with Crippen molar-refractivity contribution in [2.75, 3.05) is 36.9 Å². The van der Waals surface area contributed by atoms with Gasteiger partial charge in [0.2, 0.25) is 5.91 Å². The number of benzene rings is 1. The number of ether oxygens (including phenoxy) is 1. The summed E-state index contributed by atoms with van der Waals surface area (Å²) in [5.41, 5.74) is 1.98. The summed E-state index contributed by atoms with van der Waals surface area (Å²) in [5.74, 6) is 0.772. The standard InChI is InChI=1S/C18H27N3O2/c22-18(6-1-14-7-10-19-13-14)21-16-4-2-15(3-5-16)20-17-8-11-23-12-9-17/h2-5,14,17,19-20H,1,6-13H2,(H,21,22). The summed E-state index contributed by atoms with van der Waals surface area (Å²) in [6.07, 6.45) is 4.87. The zero-order valence-corrected chi connectivity index (χ0v) is 13.6. The monoisotopic (exact) mass is 317 g/mol. The Morgan fingerprint density at radius 1 is 1.13 bits per heavy atom. The Morgan fingerprint density at radius 3 is 2.57 bits per heavy atom. The summed E-state index contributed by atoms with van der Waals surface area (Å²) in [4.78, 5) is 12.0. The van der Waals surface area contributed by atoms with Crippen LogP contribution >= 0.6 is 0 Å². The van der Waals surface area contributed by atoms with E-state index in [2.05, 4.69) is 16.0 Å². The molecule has 5 heteroatoms. The van der Waals surface area contributed by atoms with E-state index in [0.717, 1.165) is 56.9 Å². The molecule has 0 bridgehead atoms. The first kappa shape index (κ1) is 16.3. The van der Waals surface area contributed by atoms with Gasteiger partial charge >= 0.3 is 0 Å². The molecule has 0 radical (unpaired) electrons. The van der Waals surface area contributed by atoms with Gasteiger partial charge in [0.05, 0.1) is 0 Å². The van der Waals surface area contributed by atoms with Crippen molar-refractivity contribution in [3.05, 3.63) is 24.3 Å². The van der Waals surface area contributed by atoms with Crippen LogP contribution in [0.2, 0.25) is 0 Å². The van der Waals surface area contributed by atoms with Crippen LogP contribution in [0.3, 0.4) is 0 Å². The summed E-state index contributed by atoms with van der Waals surface area (Å²) in [7, 11) is 0. The van der Waals surface area contributed by atoms with Crippen molar-refractivity contribution in [1.29, 1.82) is 0 Å². The van der Waals surface area contributed by atoms with E-state index in [0.29, 0.717) is 18.4 Å². The quantitative estimate of drug-likeness (QED) is 0.755. The molecule has 126 valence electrons. The Morgan fingerprint density at radius 2 is 1.87 bits per heavy atom. The van der Waals surface area contributed by atoms with Crippen molar-refractivity contribution in [2.24, 2.45) is 5.92 Å². The van der Waals surface area contributed by atoms with Gasteiger partial charge in [-0.15, -0.1) is 0 Å². The first-order chi connectivity index (χ1) is 11.3. The fraction of sp³-hybridized carbons (Fsp3) is 0.611. The second-order valence-corrected chi connectivity index (χ2v) is 6.55. The molecular formula is C18H27N3O2. The van der Waals surface area contributed by atoms with Gasteiger partial charge in [-0.1, -0.05) is 0 Å². The van der Waals surface area contributed by atoms with Gasteiger partial charge in [-0.3, -0.25) is 4.79 Å². The first-order valence-electron chi connectivity index (χ1n) is 8.74. The van der Waals surface area contributed by atoms with Gasteiger partial charge in [0.15, 0.2) is 0 Å². The van der Waals surface area contributed by atoms with Crippen molar-refractivity contribution < 1.29 is 9.53 Å². The summed E-state index contributed by atoms with van der Waals surface area (Å²) >= 11 is 0. The van der Waals surface area contributed by atoms with E-state index in [4.69, 9.17) is 4.74 Å². The molecule has 1 aromatic carbocycles. The summed E-state index contributed by atoms with van der Waals surface area (Å²) in [5, 5.41) is 9.85. The van der Waals surface area contributed by atoms with Gasteiger partial charge in [0, 0.05) is 37.1 Å². The lowest BCUT2D eigenvalue weighted by molar-refractivity contribution is -0.116. The van der Waals surface area contributed by atoms with Crippen molar-refractivity contribution in [1.82, 2.24) is 5.32 Å². The molecule has 1 atom stereocenters. The van der Waals surface area contributed by atoms with Crippen LogP contribution in [0.4, 0.5) is 11.4 Å². The number of anilines is 2. The van der Waals surface area contributed by atoms with Crippen LogP contribution in [0.15, 0.2) is 24.3 Å². The van der Waals surface area contributed by atoms with E-state index < -0.39 is 0 Å². The maximum atomic E-state index is 12.0. The highest BCUT2D eigenvalue weighted by atomic mass is 16.5. The Kier molecular flexibility index (Phi) is 5.88. The molecule has 23 heavy (non-hydrogen) atoms. The molecule has 0 aromatic heterocycles. The first-order valence-corrected chi connectivity index (χ1v) is 8.74. The zero-order valence-electron chi connectivity index (χ0n) is 13.6. The van der Waals surface area contributed by atoms with Crippen LogP contribution in [0.5, 0.6) is 0 Å². The lowest BCUT2D eigenvalue weighted by atomic mass is 10.0. The predicted molar refractivity (Wildman–Crippen MR) is 92.7 cm³/mol. The minimum absolute atomic E-state index is 0.113. The van der Waals surface area contributed by atoms with Crippen molar-refractivity contribution >= 4 is 17.3 Å². The molecule has 2 saturated heterocycles. The number of nitrogens with one attached hydrogen (secondary N) is 3. The van der Waals surface area contributed by atoms with Gasteiger partial charge in [0.25, 0.3) is 0 Å². The minimum Gasteiger partial charge on any atom is -0.382 e.